The van der Waals surface area contributed by atoms with Gasteiger partial charge in [0.2, 0.25) is 0 Å². The Kier molecular flexibility index (Phi) is 5.78. The summed E-state index contributed by atoms with van der Waals surface area (Å²) in [6.45, 7) is 3.44. The Bertz CT molecular complexity index is 564. The van der Waals surface area contributed by atoms with Gasteiger partial charge >= 0.3 is 0 Å². The van der Waals surface area contributed by atoms with E-state index in [9.17, 15) is 0 Å². The van der Waals surface area contributed by atoms with Gasteiger partial charge in [0.1, 0.15) is 11.5 Å². The molecule has 3 nitrogen and oxygen atoms in total. The smallest absolute Gasteiger partial charge is 0.130 e. The van der Waals surface area contributed by atoms with Crippen LogP contribution in [0.15, 0.2) is 42.5 Å². The molecule has 2 aromatic carbocycles. The first-order valence-corrected chi connectivity index (χ1v) is 7.28. The van der Waals surface area contributed by atoms with Gasteiger partial charge in [-0.1, -0.05) is 24.3 Å². The third-order valence-electron chi connectivity index (χ3n) is 3.43. The van der Waals surface area contributed by atoms with E-state index in [2.05, 4.69) is 37.3 Å². The highest BCUT2D eigenvalue weighted by atomic mass is 16.5. The Morgan fingerprint density at radius 1 is 0.952 bits per heavy atom. The van der Waals surface area contributed by atoms with E-state index >= 15 is 0 Å². The van der Waals surface area contributed by atoms with Crippen LogP contribution in [0.4, 0.5) is 0 Å². The summed E-state index contributed by atoms with van der Waals surface area (Å²) in [5.74, 6) is 1.75. The highest BCUT2D eigenvalue weighted by molar-refractivity contribution is 5.40. The number of hydrogen-bond donors (Lipinski definition) is 1. The lowest BCUT2D eigenvalue weighted by Gasteiger charge is -2.11. The Morgan fingerprint density at radius 2 is 1.67 bits per heavy atom. The van der Waals surface area contributed by atoms with Gasteiger partial charge in [-0.05, 0) is 61.2 Å². The summed E-state index contributed by atoms with van der Waals surface area (Å²) in [6, 6.07) is 14.4. The number of methoxy groups -OCH3 is 1. The molecule has 0 saturated heterocycles. The van der Waals surface area contributed by atoms with Crippen LogP contribution < -0.4 is 10.5 Å². The number of nitrogens with two attached hydrogens (primary N) is 1. The van der Waals surface area contributed by atoms with Gasteiger partial charge in [0, 0.05) is 7.11 Å². The molecular formula is C18H23NO2. The number of hydrogen-bond acceptors (Lipinski definition) is 3. The number of rotatable bonds is 7. The van der Waals surface area contributed by atoms with E-state index in [1.54, 1.807) is 7.11 Å². The predicted molar refractivity (Wildman–Crippen MR) is 86.0 cm³/mol. The largest absolute Gasteiger partial charge is 0.457 e. The summed E-state index contributed by atoms with van der Waals surface area (Å²) in [6.07, 6.45) is 1.79. The lowest BCUT2D eigenvalue weighted by Crippen LogP contribution is -2.03. The maximum atomic E-state index is 5.98. The topological polar surface area (TPSA) is 44.5 Å². The fraction of sp³-hybridized carbons (Fsp3) is 0.333. The first-order valence-electron chi connectivity index (χ1n) is 7.28. The van der Waals surface area contributed by atoms with Gasteiger partial charge in [0.15, 0.2) is 0 Å². The summed E-state index contributed by atoms with van der Waals surface area (Å²) in [5.41, 5.74) is 9.18. The van der Waals surface area contributed by atoms with Gasteiger partial charge in [-0.2, -0.15) is 0 Å². The minimum absolute atomic E-state index is 0.650. The number of aryl methyl sites for hydroxylation is 1. The number of ether oxygens (including phenoxy) is 2. The van der Waals surface area contributed by atoms with Crippen molar-refractivity contribution in [1.29, 1.82) is 0 Å². The predicted octanol–water partition coefficient (Wildman–Crippen LogP) is 3.48. The molecule has 0 aromatic heterocycles. The van der Waals surface area contributed by atoms with Crippen molar-refractivity contribution in [2.75, 3.05) is 20.3 Å². The molecule has 0 amide bonds. The van der Waals surface area contributed by atoms with Crippen LogP contribution in [-0.2, 0) is 17.6 Å². The van der Waals surface area contributed by atoms with Crippen LogP contribution in [-0.4, -0.2) is 20.3 Å². The van der Waals surface area contributed by atoms with Crippen molar-refractivity contribution in [3.05, 3.63) is 59.2 Å². The molecule has 0 aliphatic carbocycles. The zero-order chi connectivity index (χ0) is 15.1. The summed E-state index contributed by atoms with van der Waals surface area (Å²) in [5, 5.41) is 0. The number of benzene rings is 2. The highest BCUT2D eigenvalue weighted by Gasteiger charge is 2.04. The van der Waals surface area contributed by atoms with Crippen molar-refractivity contribution < 1.29 is 9.47 Å². The Hall–Kier alpha value is -1.84. The molecule has 2 N–H and O–H groups in total. The van der Waals surface area contributed by atoms with E-state index in [-0.39, 0.29) is 0 Å². The second-order valence-electron chi connectivity index (χ2n) is 5.13. The van der Waals surface area contributed by atoms with Crippen molar-refractivity contribution in [1.82, 2.24) is 0 Å². The molecule has 0 spiro atoms. The molecule has 0 heterocycles. The first-order chi connectivity index (χ1) is 10.2. The van der Waals surface area contributed by atoms with Gasteiger partial charge in [-0.15, -0.1) is 0 Å². The second kappa shape index (κ2) is 7.81. The quantitative estimate of drug-likeness (QED) is 0.847. The molecule has 0 unspecified atom stereocenters. The van der Waals surface area contributed by atoms with Gasteiger partial charge in [-0.3, -0.25) is 0 Å². The summed E-state index contributed by atoms with van der Waals surface area (Å²) >= 11 is 0. The molecule has 2 rings (SSSR count). The fourth-order valence-corrected chi connectivity index (χ4v) is 2.15. The zero-order valence-electron chi connectivity index (χ0n) is 12.8. The molecule has 0 saturated carbocycles. The summed E-state index contributed by atoms with van der Waals surface area (Å²) in [4.78, 5) is 0. The van der Waals surface area contributed by atoms with Crippen molar-refractivity contribution in [3.8, 4) is 11.5 Å². The molecule has 21 heavy (non-hydrogen) atoms. The monoisotopic (exact) mass is 285 g/mol. The molecule has 0 fully saturated rings. The maximum absolute atomic E-state index is 5.98. The summed E-state index contributed by atoms with van der Waals surface area (Å²) in [7, 11) is 1.72. The normalized spacial score (nSPS) is 10.6. The van der Waals surface area contributed by atoms with E-state index in [0.717, 1.165) is 36.5 Å². The Labute approximate surface area is 126 Å². The van der Waals surface area contributed by atoms with Crippen LogP contribution in [0.1, 0.15) is 16.7 Å². The summed E-state index contributed by atoms with van der Waals surface area (Å²) < 4.78 is 11.1. The first kappa shape index (κ1) is 15.5. The molecule has 0 aliphatic rings. The maximum Gasteiger partial charge on any atom is 0.130 e. The highest BCUT2D eigenvalue weighted by Crippen LogP contribution is 2.26. The third kappa shape index (κ3) is 4.59. The lowest BCUT2D eigenvalue weighted by molar-refractivity contribution is 0.202. The van der Waals surface area contributed by atoms with Gasteiger partial charge in [0.25, 0.3) is 0 Å². The molecule has 0 bridgehead atoms. The van der Waals surface area contributed by atoms with E-state index in [0.29, 0.717) is 6.54 Å². The Balaban J connectivity index is 2.08. The fourth-order valence-electron chi connectivity index (χ4n) is 2.15. The van der Waals surface area contributed by atoms with Crippen LogP contribution >= 0.6 is 0 Å². The average molecular weight is 285 g/mol. The Morgan fingerprint density at radius 3 is 2.33 bits per heavy atom. The molecular weight excluding hydrogens is 262 g/mol. The van der Waals surface area contributed by atoms with Crippen molar-refractivity contribution >= 4 is 0 Å². The standard InChI is InChI=1S/C18H23NO2/c1-14-3-4-16(9-11-19)13-18(14)21-17-7-5-15(6-8-17)10-12-20-2/h3-8,13H,9-12,19H2,1-2H3. The third-order valence-corrected chi connectivity index (χ3v) is 3.43. The molecule has 3 heteroatoms. The zero-order valence-corrected chi connectivity index (χ0v) is 12.8. The average Bonchev–Trinajstić information content (AvgIpc) is 2.50. The van der Waals surface area contributed by atoms with Gasteiger partial charge in [0.05, 0.1) is 6.61 Å². The van der Waals surface area contributed by atoms with Crippen LogP contribution in [0.5, 0.6) is 11.5 Å². The van der Waals surface area contributed by atoms with Crippen LogP contribution in [0.2, 0.25) is 0 Å². The van der Waals surface area contributed by atoms with E-state index in [1.807, 2.05) is 12.1 Å². The van der Waals surface area contributed by atoms with Crippen LogP contribution in [0.25, 0.3) is 0 Å². The van der Waals surface area contributed by atoms with Crippen molar-refractivity contribution in [3.63, 3.8) is 0 Å². The minimum Gasteiger partial charge on any atom is -0.457 e. The molecule has 0 atom stereocenters. The lowest BCUT2D eigenvalue weighted by atomic mass is 10.1. The van der Waals surface area contributed by atoms with Crippen molar-refractivity contribution in [2.45, 2.75) is 19.8 Å². The van der Waals surface area contributed by atoms with E-state index in [1.165, 1.54) is 11.1 Å². The van der Waals surface area contributed by atoms with Crippen LogP contribution in [0.3, 0.4) is 0 Å². The van der Waals surface area contributed by atoms with Gasteiger partial charge < -0.3 is 15.2 Å². The second-order valence-corrected chi connectivity index (χ2v) is 5.13. The van der Waals surface area contributed by atoms with E-state index < -0.39 is 0 Å². The van der Waals surface area contributed by atoms with Crippen molar-refractivity contribution in [2.24, 2.45) is 5.73 Å². The molecule has 112 valence electrons. The van der Waals surface area contributed by atoms with Gasteiger partial charge in [-0.25, -0.2) is 0 Å². The molecule has 0 aliphatic heterocycles. The molecule has 0 radical (unpaired) electrons. The molecule has 2 aromatic rings. The SMILES string of the molecule is COCCc1ccc(Oc2cc(CCN)ccc2C)cc1. The van der Waals surface area contributed by atoms with E-state index in [4.69, 9.17) is 15.2 Å². The minimum atomic E-state index is 0.650. The van der Waals surface area contributed by atoms with Crippen LogP contribution in [0, 0.1) is 6.92 Å².